The van der Waals surface area contributed by atoms with Crippen molar-refractivity contribution in [2.75, 3.05) is 25.0 Å². The Morgan fingerprint density at radius 3 is 2.62 bits per heavy atom. The molecule has 0 saturated carbocycles. The Morgan fingerprint density at radius 2 is 1.88 bits per heavy atom. The molecule has 3 N–H and O–H groups in total. The van der Waals surface area contributed by atoms with E-state index in [9.17, 15) is 9.59 Å². The van der Waals surface area contributed by atoms with Crippen molar-refractivity contribution in [3.8, 4) is 0 Å². The standard InChI is InChI=1S/C24H28N6O2/c1-15-12-16(2)28-24(27-15)26-10-5-8-22(31)30-11-9-17(14-30)21-13-19(23(25)32)18-6-3-4-7-20(18)29-21/h3-4,6-7,12-13,17H,5,8-11,14H2,1-2H3,(H2,25,32)(H,26,27,28)/t17-/m1/s1. The van der Waals surface area contributed by atoms with Crippen LogP contribution in [0, 0.1) is 13.8 Å². The van der Waals surface area contributed by atoms with Gasteiger partial charge in [-0.25, -0.2) is 9.97 Å². The number of rotatable bonds is 7. The van der Waals surface area contributed by atoms with Crippen molar-refractivity contribution >= 4 is 28.7 Å². The molecule has 8 nitrogen and oxygen atoms in total. The Kier molecular flexibility index (Phi) is 6.30. The maximum Gasteiger partial charge on any atom is 0.249 e. The number of nitrogens with zero attached hydrogens (tertiary/aromatic N) is 4. The van der Waals surface area contributed by atoms with Gasteiger partial charge < -0.3 is 16.0 Å². The van der Waals surface area contributed by atoms with Crippen LogP contribution in [0.1, 0.15) is 52.6 Å². The molecule has 0 spiro atoms. The third-order valence-corrected chi connectivity index (χ3v) is 5.79. The van der Waals surface area contributed by atoms with E-state index < -0.39 is 5.91 Å². The Labute approximate surface area is 187 Å². The van der Waals surface area contributed by atoms with Gasteiger partial charge in [-0.1, -0.05) is 18.2 Å². The third-order valence-electron chi connectivity index (χ3n) is 5.79. The lowest BCUT2D eigenvalue weighted by Gasteiger charge is -2.17. The number of fused-ring (bicyclic) bond motifs is 1. The van der Waals surface area contributed by atoms with Crippen LogP contribution in [0.15, 0.2) is 36.4 Å². The summed E-state index contributed by atoms with van der Waals surface area (Å²) < 4.78 is 0. The number of primary amides is 1. The predicted molar refractivity (Wildman–Crippen MR) is 123 cm³/mol. The molecular weight excluding hydrogens is 404 g/mol. The molecule has 3 heterocycles. The Hall–Kier alpha value is -3.55. The maximum absolute atomic E-state index is 12.7. The average Bonchev–Trinajstić information content (AvgIpc) is 3.25. The van der Waals surface area contributed by atoms with Gasteiger partial charge in [-0.15, -0.1) is 0 Å². The molecule has 1 aromatic carbocycles. The fourth-order valence-electron chi connectivity index (χ4n) is 4.24. The zero-order valence-corrected chi connectivity index (χ0v) is 18.5. The van der Waals surface area contributed by atoms with Gasteiger partial charge in [-0.05, 0) is 44.9 Å². The first kappa shape index (κ1) is 21.7. The zero-order valence-electron chi connectivity index (χ0n) is 18.5. The number of carbonyl (C=O) groups excluding carboxylic acids is 2. The van der Waals surface area contributed by atoms with Crippen molar-refractivity contribution in [2.45, 2.75) is 39.0 Å². The van der Waals surface area contributed by atoms with E-state index in [-0.39, 0.29) is 11.8 Å². The van der Waals surface area contributed by atoms with Crippen LogP contribution in [0.4, 0.5) is 5.95 Å². The predicted octanol–water partition coefficient (Wildman–Crippen LogP) is 2.95. The number of nitrogens with one attached hydrogen (secondary N) is 1. The lowest BCUT2D eigenvalue weighted by molar-refractivity contribution is -0.130. The maximum atomic E-state index is 12.7. The smallest absolute Gasteiger partial charge is 0.249 e. The Balaban J connectivity index is 1.34. The topological polar surface area (TPSA) is 114 Å². The van der Waals surface area contributed by atoms with Crippen LogP contribution < -0.4 is 11.1 Å². The summed E-state index contributed by atoms with van der Waals surface area (Å²) in [7, 11) is 0. The fraction of sp³-hybridized carbons (Fsp3) is 0.375. The second kappa shape index (κ2) is 9.30. The summed E-state index contributed by atoms with van der Waals surface area (Å²) in [5.74, 6) is 0.370. The summed E-state index contributed by atoms with van der Waals surface area (Å²) in [6, 6.07) is 11.2. The molecule has 0 unspecified atom stereocenters. The van der Waals surface area contributed by atoms with Gasteiger partial charge in [0, 0.05) is 54.4 Å². The number of aryl methyl sites for hydroxylation is 2. The van der Waals surface area contributed by atoms with Crippen LogP contribution in [-0.2, 0) is 4.79 Å². The monoisotopic (exact) mass is 432 g/mol. The highest BCUT2D eigenvalue weighted by molar-refractivity contribution is 6.05. The minimum absolute atomic E-state index is 0.100. The highest BCUT2D eigenvalue weighted by Gasteiger charge is 2.28. The molecule has 0 radical (unpaired) electrons. The van der Waals surface area contributed by atoms with E-state index in [1.165, 1.54) is 0 Å². The summed E-state index contributed by atoms with van der Waals surface area (Å²) in [6.07, 6.45) is 1.99. The first-order valence-corrected chi connectivity index (χ1v) is 10.9. The normalized spacial score (nSPS) is 15.8. The zero-order chi connectivity index (χ0) is 22.7. The fourth-order valence-corrected chi connectivity index (χ4v) is 4.24. The number of para-hydroxylation sites is 1. The number of pyridine rings is 1. The van der Waals surface area contributed by atoms with Crippen molar-refractivity contribution in [2.24, 2.45) is 5.73 Å². The number of carbonyl (C=O) groups is 2. The number of amides is 2. The molecule has 2 aromatic heterocycles. The van der Waals surface area contributed by atoms with Gasteiger partial charge in [0.25, 0.3) is 0 Å². The summed E-state index contributed by atoms with van der Waals surface area (Å²) in [4.78, 5) is 40.0. The molecule has 2 amide bonds. The molecule has 8 heteroatoms. The lowest BCUT2D eigenvalue weighted by Crippen LogP contribution is -2.28. The third kappa shape index (κ3) is 4.85. The molecule has 1 saturated heterocycles. The summed E-state index contributed by atoms with van der Waals surface area (Å²) in [5.41, 5.74) is 9.49. The van der Waals surface area contributed by atoms with Crippen molar-refractivity contribution < 1.29 is 9.59 Å². The first-order chi connectivity index (χ1) is 15.4. The van der Waals surface area contributed by atoms with Gasteiger partial charge in [0.1, 0.15) is 0 Å². The number of benzene rings is 1. The quantitative estimate of drug-likeness (QED) is 0.555. The van der Waals surface area contributed by atoms with Gasteiger partial charge >= 0.3 is 0 Å². The van der Waals surface area contributed by atoms with Crippen molar-refractivity contribution in [3.05, 3.63) is 59.0 Å². The van der Waals surface area contributed by atoms with Crippen molar-refractivity contribution in [1.29, 1.82) is 0 Å². The van der Waals surface area contributed by atoms with Crippen molar-refractivity contribution in [1.82, 2.24) is 19.9 Å². The first-order valence-electron chi connectivity index (χ1n) is 10.9. The van der Waals surface area contributed by atoms with E-state index in [1.807, 2.05) is 49.1 Å². The molecule has 1 fully saturated rings. The highest BCUT2D eigenvalue weighted by Crippen LogP contribution is 2.29. The number of hydrogen-bond acceptors (Lipinski definition) is 6. The van der Waals surface area contributed by atoms with Crippen LogP contribution >= 0.6 is 0 Å². The number of nitrogens with two attached hydrogens (primary N) is 1. The minimum atomic E-state index is -0.462. The second-order valence-electron chi connectivity index (χ2n) is 8.31. The summed E-state index contributed by atoms with van der Waals surface area (Å²) in [6.45, 7) is 5.81. The number of aromatic nitrogens is 3. The van der Waals surface area contributed by atoms with Gasteiger partial charge in [0.05, 0.1) is 11.1 Å². The SMILES string of the molecule is Cc1cc(C)nc(NCCCC(=O)N2CC[C@@H](c3cc(C(N)=O)c4ccccc4n3)C2)n1. The molecule has 0 aliphatic carbocycles. The van der Waals surface area contributed by atoms with Gasteiger partial charge in [0.15, 0.2) is 0 Å². The van der Waals surface area contributed by atoms with E-state index in [0.29, 0.717) is 44.0 Å². The Morgan fingerprint density at radius 1 is 1.12 bits per heavy atom. The number of anilines is 1. The number of likely N-dealkylation sites (tertiary alicyclic amines) is 1. The number of hydrogen-bond donors (Lipinski definition) is 2. The minimum Gasteiger partial charge on any atom is -0.366 e. The lowest BCUT2D eigenvalue weighted by atomic mass is 9.99. The van der Waals surface area contributed by atoms with E-state index in [1.54, 1.807) is 6.07 Å². The Bertz CT molecular complexity index is 1140. The molecule has 166 valence electrons. The largest absolute Gasteiger partial charge is 0.366 e. The van der Waals surface area contributed by atoms with Crippen LogP contribution in [0.2, 0.25) is 0 Å². The molecule has 4 rings (SSSR count). The molecular formula is C24H28N6O2. The highest BCUT2D eigenvalue weighted by atomic mass is 16.2. The molecule has 1 aliphatic rings. The van der Waals surface area contributed by atoms with Crippen molar-refractivity contribution in [3.63, 3.8) is 0 Å². The summed E-state index contributed by atoms with van der Waals surface area (Å²) in [5, 5.41) is 3.95. The van der Waals surface area contributed by atoms with E-state index in [4.69, 9.17) is 10.7 Å². The van der Waals surface area contributed by atoms with Crippen LogP contribution in [0.5, 0.6) is 0 Å². The van der Waals surface area contributed by atoms with Crippen LogP contribution in [0.25, 0.3) is 10.9 Å². The second-order valence-corrected chi connectivity index (χ2v) is 8.31. The van der Waals surface area contributed by atoms with Gasteiger partial charge in [-0.3, -0.25) is 14.6 Å². The van der Waals surface area contributed by atoms with Gasteiger partial charge in [-0.2, -0.15) is 0 Å². The molecule has 3 aromatic rings. The molecule has 0 bridgehead atoms. The van der Waals surface area contributed by atoms with Gasteiger partial charge in [0.2, 0.25) is 17.8 Å². The van der Waals surface area contributed by atoms with Crippen LogP contribution in [-0.4, -0.2) is 51.3 Å². The van der Waals surface area contributed by atoms with E-state index >= 15 is 0 Å². The summed E-state index contributed by atoms with van der Waals surface area (Å²) >= 11 is 0. The molecule has 1 aliphatic heterocycles. The average molecular weight is 433 g/mol. The molecule has 1 atom stereocenters. The van der Waals surface area contributed by atoms with E-state index in [0.717, 1.165) is 34.4 Å². The van der Waals surface area contributed by atoms with Crippen LogP contribution in [0.3, 0.4) is 0 Å². The van der Waals surface area contributed by atoms with E-state index in [2.05, 4.69) is 15.3 Å². The molecule has 32 heavy (non-hydrogen) atoms.